The zero-order chi connectivity index (χ0) is 16.4. The molecule has 0 aliphatic carbocycles. The molecular weight excluding hydrogens is 322 g/mol. The molecule has 0 aliphatic rings. The topological polar surface area (TPSA) is 79.4 Å². The molecule has 1 aromatic rings. The first-order chi connectivity index (χ1) is 10.4. The second kappa shape index (κ2) is 9.81. The van der Waals surface area contributed by atoms with E-state index in [1.54, 1.807) is 18.0 Å². The summed E-state index contributed by atoms with van der Waals surface area (Å²) in [7, 11) is -1.10. The minimum absolute atomic E-state index is 0.0000517. The van der Waals surface area contributed by atoms with Crippen LogP contribution in [-0.2, 0) is 14.6 Å². The second-order valence-corrected chi connectivity index (χ2v) is 8.42. The normalized spacial score (nSPS) is 11.6. The molecule has 1 aromatic heterocycles. The summed E-state index contributed by atoms with van der Waals surface area (Å²) in [6.45, 7) is 1.63. The maximum atomic E-state index is 11.7. The standard InChI is InChI=1S/C14H23N3O3S2/c1-17(10-12-22(2,19)20)9-8-15-13(18)6-11-21-14-5-3-4-7-16-14/h3-5,7H,6,8-12H2,1-2H3,(H,15,18). The first kappa shape index (κ1) is 18.9. The molecule has 0 bridgehead atoms. The number of rotatable bonds is 10. The Labute approximate surface area is 136 Å². The van der Waals surface area contributed by atoms with Crippen LogP contribution in [0.25, 0.3) is 0 Å². The Hall–Kier alpha value is -1.12. The molecule has 0 aromatic carbocycles. The first-order valence-corrected chi connectivity index (χ1v) is 10.1. The number of sulfone groups is 1. The van der Waals surface area contributed by atoms with Gasteiger partial charge in [0.15, 0.2) is 0 Å². The molecule has 0 aliphatic heterocycles. The van der Waals surface area contributed by atoms with Crippen molar-refractivity contribution < 1.29 is 13.2 Å². The molecule has 0 spiro atoms. The Balaban J connectivity index is 2.08. The van der Waals surface area contributed by atoms with Gasteiger partial charge in [-0.15, -0.1) is 11.8 Å². The molecule has 0 radical (unpaired) electrons. The highest BCUT2D eigenvalue weighted by Gasteiger charge is 2.06. The molecule has 22 heavy (non-hydrogen) atoms. The molecule has 6 nitrogen and oxygen atoms in total. The van der Waals surface area contributed by atoms with Gasteiger partial charge in [-0.05, 0) is 19.2 Å². The predicted octanol–water partition coefficient (Wildman–Crippen LogP) is 0.656. The SMILES string of the molecule is CN(CCNC(=O)CCSc1ccccn1)CCS(C)(=O)=O. The Kier molecular flexibility index (Phi) is 8.44. The van der Waals surface area contributed by atoms with E-state index >= 15 is 0 Å². The van der Waals surface area contributed by atoms with E-state index in [2.05, 4.69) is 10.3 Å². The molecular formula is C14H23N3O3S2. The Morgan fingerprint density at radius 3 is 2.77 bits per heavy atom. The van der Waals surface area contributed by atoms with Gasteiger partial charge in [-0.1, -0.05) is 6.07 Å². The Morgan fingerprint density at radius 1 is 1.36 bits per heavy atom. The highest BCUT2D eigenvalue weighted by atomic mass is 32.2. The molecule has 1 amide bonds. The van der Waals surface area contributed by atoms with Crippen molar-refractivity contribution in [3.05, 3.63) is 24.4 Å². The van der Waals surface area contributed by atoms with Gasteiger partial charge in [0.2, 0.25) is 5.91 Å². The lowest BCUT2D eigenvalue weighted by Gasteiger charge is -2.16. The van der Waals surface area contributed by atoms with Gasteiger partial charge in [0.1, 0.15) is 9.84 Å². The van der Waals surface area contributed by atoms with E-state index in [1.807, 2.05) is 30.1 Å². The van der Waals surface area contributed by atoms with Crippen LogP contribution < -0.4 is 5.32 Å². The van der Waals surface area contributed by atoms with Crippen LogP contribution in [0, 0.1) is 0 Å². The van der Waals surface area contributed by atoms with E-state index in [-0.39, 0.29) is 11.7 Å². The van der Waals surface area contributed by atoms with E-state index in [4.69, 9.17) is 0 Å². The van der Waals surface area contributed by atoms with Gasteiger partial charge in [-0.3, -0.25) is 4.79 Å². The van der Waals surface area contributed by atoms with Crippen LogP contribution >= 0.6 is 11.8 Å². The highest BCUT2D eigenvalue weighted by molar-refractivity contribution is 7.99. The maximum absolute atomic E-state index is 11.7. The van der Waals surface area contributed by atoms with E-state index in [0.717, 1.165) is 5.03 Å². The van der Waals surface area contributed by atoms with E-state index < -0.39 is 9.84 Å². The lowest BCUT2D eigenvalue weighted by Crippen LogP contribution is -2.35. The predicted molar refractivity (Wildman–Crippen MR) is 89.8 cm³/mol. The maximum Gasteiger partial charge on any atom is 0.220 e. The third-order valence-corrected chi connectivity index (χ3v) is 4.75. The number of pyridine rings is 1. The second-order valence-electron chi connectivity index (χ2n) is 5.05. The number of carbonyl (C=O) groups excluding carboxylic acids is 1. The number of hydrogen-bond acceptors (Lipinski definition) is 6. The van der Waals surface area contributed by atoms with E-state index in [9.17, 15) is 13.2 Å². The summed E-state index contributed by atoms with van der Waals surface area (Å²) < 4.78 is 22.1. The van der Waals surface area contributed by atoms with Crippen molar-refractivity contribution in [1.82, 2.24) is 15.2 Å². The van der Waals surface area contributed by atoms with Crippen molar-refractivity contribution in [2.24, 2.45) is 0 Å². The van der Waals surface area contributed by atoms with Gasteiger partial charge in [0, 0.05) is 44.3 Å². The van der Waals surface area contributed by atoms with E-state index in [0.29, 0.717) is 31.8 Å². The highest BCUT2D eigenvalue weighted by Crippen LogP contribution is 2.14. The fraction of sp³-hybridized carbons (Fsp3) is 0.571. The van der Waals surface area contributed by atoms with Gasteiger partial charge in [-0.25, -0.2) is 13.4 Å². The summed E-state index contributed by atoms with van der Waals surface area (Å²) in [5.41, 5.74) is 0. The summed E-state index contributed by atoms with van der Waals surface area (Å²) in [6.07, 6.45) is 3.39. The quantitative estimate of drug-likeness (QED) is 0.628. The van der Waals surface area contributed by atoms with Crippen LogP contribution in [0.5, 0.6) is 0 Å². The number of thioether (sulfide) groups is 1. The number of nitrogens with one attached hydrogen (secondary N) is 1. The number of carbonyl (C=O) groups is 1. The van der Waals surface area contributed by atoms with Crippen molar-refractivity contribution in [1.29, 1.82) is 0 Å². The van der Waals surface area contributed by atoms with Crippen molar-refractivity contribution >= 4 is 27.5 Å². The van der Waals surface area contributed by atoms with Crippen LogP contribution in [-0.4, -0.2) is 68.7 Å². The third kappa shape index (κ3) is 9.75. The molecule has 1 rings (SSSR count). The number of hydrogen-bond donors (Lipinski definition) is 1. The molecule has 8 heteroatoms. The fourth-order valence-corrected chi connectivity index (χ4v) is 3.04. The number of aromatic nitrogens is 1. The monoisotopic (exact) mass is 345 g/mol. The summed E-state index contributed by atoms with van der Waals surface area (Å²) in [5.74, 6) is 0.824. The summed E-state index contributed by atoms with van der Waals surface area (Å²) in [4.78, 5) is 17.7. The van der Waals surface area contributed by atoms with Gasteiger partial charge in [-0.2, -0.15) is 0 Å². The molecule has 0 saturated carbocycles. The largest absolute Gasteiger partial charge is 0.355 e. The average Bonchev–Trinajstić information content (AvgIpc) is 2.45. The molecule has 1 heterocycles. The average molecular weight is 345 g/mol. The van der Waals surface area contributed by atoms with Crippen molar-refractivity contribution in [2.75, 3.05) is 44.4 Å². The zero-order valence-corrected chi connectivity index (χ0v) is 14.6. The fourth-order valence-electron chi connectivity index (χ4n) is 1.59. The molecule has 1 N–H and O–H groups in total. The van der Waals surface area contributed by atoms with Crippen LogP contribution in [0.4, 0.5) is 0 Å². The summed E-state index contributed by atoms with van der Waals surface area (Å²) in [6, 6.07) is 5.69. The smallest absolute Gasteiger partial charge is 0.220 e. The molecule has 0 fully saturated rings. The minimum Gasteiger partial charge on any atom is -0.355 e. The number of likely N-dealkylation sites (N-methyl/N-ethyl adjacent to an activating group) is 1. The first-order valence-electron chi connectivity index (χ1n) is 7.03. The van der Waals surface area contributed by atoms with Crippen molar-refractivity contribution in [3.63, 3.8) is 0 Å². The number of amides is 1. The number of nitrogens with zero attached hydrogens (tertiary/aromatic N) is 2. The third-order valence-electron chi connectivity index (χ3n) is 2.88. The molecule has 0 saturated heterocycles. The van der Waals surface area contributed by atoms with Crippen LogP contribution in [0.15, 0.2) is 29.4 Å². The Bertz CT molecular complexity index is 550. The van der Waals surface area contributed by atoms with E-state index in [1.165, 1.54) is 6.26 Å². The minimum atomic E-state index is -2.94. The Morgan fingerprint density at radius 2 is 2.14 bits per heavy atom. The summed E-state index contributed by atoms with van der Waals surface area (Å²) in [5, 5.41) is 3.75. The van der Waals surface area contributed by atoms with Crippen molar-refractivity contribution in [2.45, 2.75) is 11.4 Å². The molecule has 0 unspecified atom stereocenters. The van der Waals surface area contributed by atoms with Crippen LogP contribution in [0.3, 0.4) is 0 Å². The van der Waals surface area contributed by atoms with Crippen molar-refractivity contribution in [3.8, 4) is 0 Å². The van der Waals surface area contributed by atoms with Gasteiger partial charge >= 0.3 is 0 Å². The van der Waals surface area contributed by atoms with Gasteiger partial charge < -0.3 is 10.2 Å². The zero-order valence-electron chi connectivity index (χ0n) is 13.0. The molecule has 124 valence electrons. The molecule has 0 atom stereocenters. The van der Waals surface area contributed by atoms with Crippen LogP contribution in [0.1, 0.15) is 6.42 Å². The lowest BCUT2D eigenvalue weighted by atomic mass is 10.4. The van der Waals surface area contributed by atoms with Gasteiger partial charge in [0.25, 0.3) is 0 Å². The summed E-state index contributed by atoms with van der Waals surface area (Å²) >= 11 is 1.55. The lowest BCUT2D eigenvalue weighted by molar-refractivity contribution is -0.120. The van der Waals surface area contributed by atoms with Crippen LogP contribution in [0.2, 0.25) is 0 Å². The van der Waals surface area contributed by atoms with Gasteiger partial charge in [0.05, 0.1) is 10.8 Å².